The predicted molar refractivity (Wildman–Crippen MR) is 118 cm³/mol. The third-order valence-electron chi connectivity index (χ3n) is 5.85. The number of anilines is 1. The van der Waals surface area contributed by atoms with E-state index < -0.39 is 5.82 Å². The topological polar surface area (TPSA) is 68.8 Å². The lowest BCUT2D eigenvalue weighted by atomic mass is 10.1. The molecule has 0 saturated carbocycles. The molecule has 4 aromatic rings. The number of pyridine rings is 1. The summed E-state index contributed by atoms with van der Waals surface area (Å²) in [5.74, 6) is 1.61. The van der Waals surface area contributed by atoms with Crippen LogP contribution in [0.3, 0.4) is 0 Å². The first-order valence-corrected chi connectivity index (χ1v) is 10.3. The van der Waals surface area contributed by atoms with Gasteiger partial charge in [0.2, 0.25) is 0 Å². The van der Waals surface area contributed by atoms with Crippen molar-refractivity contribution in [2.24, 2.45) is 7.05 Å². The maximum Gasteiger partial charge on any atom is 0.263 e. The van der Waals surface area contributed by atoms with Crippen LogP contribution >= 0.6 is 11.6 Å². The zero-order valence-electron chi connectivity index (χ0n) is 17.4. The summed E-state index contributed by atoms with van der Waals surface area (Å²) < 4.78 is 18.5. The second kappa shape index (κ2) is 7.16. The van der Waals surface area contributed by atoms with E-state index in [0.717, 1.165) is 24.6 Å². The summed E-state index contributed by atoms with van der Waals surface area (Å²) in [4.78, 5) is 29.0. The van der Waals surface area contributed by atoms with Gasteiger partial charge in [0.05, 0.1) is 23.1 Å². The Kier molecular flexibility index (Phi) is 4.55. The van der Waals surface area contributed by atoms with E-state index in [1.54, 1.807) is 32.2 Å². The zero-order valence-corrected chi connectivity index (χ0v) is 18.1. The van der Waals surface area contributed by atoms with E-state index >= 15 is 0 Å². The minimum absolute atomic E-state index is 0.216. The van der Waals surface area contributed by atoms with Gasteiger partial charge in [-0.1, -0.05) is 11.6 Å². The number of aryl methyl sites for hydroxylation is 2. The highest BCUT2D eigenvalue weighted by Gasteiger charge is 2.23. The lowest BCUT2D eigenvalue weighted by Crippen LogP contribution is -2.35. The van der Waals surface area contributed by atoms with Crippen molar-refractivity contribution in [3.63, 3.8) is 0 Å². The van der Waals surface area contributed by atoms with Gasteiger partial charge in [-0.3, -0.25) is 9.36 Å². The van der Waals surface area contributed by atoms with Crippen LogP contribution in [0, 0.1) is 19.7 Å². The van der Waals surface area contributed by atoms with Crippen LogP contribution in [-0.4, -0.2) is 30.6 Å². The van der Waals surface area contributed by atoms with Crippen LogP contribution < -0.4 is 10.5 Å². The molecule has 7 nitrogen and oxygen atoms in total. The maximum absolute atomic E-state index is 14.9. The first kappa shape index (κ1) is 19.7. The van der Waals surface area contributed by atoms with Crippen LogP contribution in [-0.2, 0) is 20.1 Å². The molecule has 0 N–H and O–H groups in total. The summed E-state index contributed by atoms with van der Waals surface area (Å²) in [6.07, 6.45) is 1.86. The van der Waals surface area contributed by atoms with Gasteiger partial charge in [-0.2, -0.15) is 0 Å². The number of rotatable bonds is 2. The fraction of sp³-hybridized carbons (Fsp3) is 0.273. The Hall–Kier alpha value is -3.26. The number of fused-ring (bicyclic) bond motifs is 2. The van der Waals surface area contributed by atoms with Crippen LogP contribution in [0.5, 0.6) is 0 Å². The molecule has 0 bridgehead atoms. The van der Waals surface area contributed by atoms with Crippen molar-refractivity contribution in [2.75, 3.05) is 11.4 Å². The summed E-state index contributed by atoms with van der Waals surface area (Å²) >= 11 is 5.95. The average molecular weight is 439 g/mol. The van der Waals surface area contributed by atoms with E-state index in [0.29, 0.717) is 23.7 Å². The molecule has 3 aromatic heterocycles. The number of halogens is 2. The Balaban J connectivity index is 1.74. The van der Waals surface area contributed by atoms with Crippen molar-refractivity contribution < 1.29 is 4.39 Å². The fourth-order valence-corrected chi connectivity index (χ4v) is 4.19. The van der Waals surface area contributed by atoms with Crippen molar-refractivity contribution >= 4 is 28.3 Å². The average Bonchev–Trinajstić information content (AvgIpc) is 3.11. The van der Waals surface area contributed by atoms with E-state index in [4.69, 9.17) is 16.6 Å². The van der Waals surface area contributed by atoms with Crippen LogP contribution in [0.25, 0.3) is 22.2 Å². The van der Waals surface area contributed by atoms with E-state index in [9.17, 15) is 9.18 Å². The fourth-order valence-electron chi connectivity index (χ4n) is 4.03. The molecule has 4 heterocycles. The first-order valence-electron chi connectivity index (χ1n) is 9.93. The predicted octanol–water partition coefficient (Wildman–Crippen LogP) is 3.62. The van der Waals surface area contributed by atoms with Crippen molar-refractivity contribution in [3.05, 3.63) is 69.0 Å². The highest BCUT2D eigenvalue weighted by Crippen LogP contribution is 2.32. The Morgan fingerprint density at radius 3 is 2.71 bits per heavy atom. The molecule has 0 atom stereocenters. The Morgan fingerprint density at radius 1 is 1.13 bits per heavy atom. The minimum atomic E-state index is -0.536. The van der Waals surface area contributed by atoms with Gasteiger partial charge in [-0.05, 0) is 32.0 Å². The van der Waals surface area contributed by atoms with E-state index in [1.807, 2.05) is 13.1 Å². The number of hydrogen-bond acceptors (Lipinski definition) is 5. The normalized spacial score (nSPS) is 13.6. The van der Waals surface area contributed by atoms with Gasteiger partial charge in [-0.15, -0.1) is 0 Å². The van der Waals surface area contributed by atoms with Gasteiger partial charge < -0.3 is 9.47 Å². The Bertz CT molecular complexity index is 1410. The summed E-state index contributed by atoms with van der Waals surface area (Å²) in [7, 11) is 1.65. The molecule has 5 rings (SSSR count). The van der Waals surface area contributed by atoms with Crippen molar-refractivity contribution in [1.29, 1.82) is 0 Å². The largest absolute Gasteiger partial charge is 0.347 e. The van der Waals surface area contributed by atoms with Gasteiger partial charge in [0.15, 0.2) is 0 Å². The second-order valence-corrected chi connectivity index (χ2v) is 8.20. The molecule has 0 fully saturated rings. The number of aromatic nitrogens is 5. The quantitative estimate of drug-likeness (QED) is 0.478. The molecule has 0 radical (unpaired) electrons. The van der Waals surface area contributed by atoms with Gasteiger partial charge in [0.25, 0.3) is 5.56 Å². The Labute approximate surface area is 182 Å². The molecule has 0 aliphatic carbocycles. The number of benzene rings is 1. The monoisotopic (exact) mass is 438 g/mol. The van der Waals surface area contributed by atoms with E-state index in [2.05, 4.69) is 19.4 Å². The van der Waals surface area contributed by atoms with Gasteiger partial charge in [-0.25, -0.2) is 19.3 Å². The SMILES string of the molecule is Cc1cnc2n1CCN(c1cc3nc(C)n(C)c(=O)c3c(-c3ccc(Cl)cc3F)n1)C2. The molecule has 1 aliphatic heterocycles. The molecule has 158 valence electrons. The number of nitrogens with zero attached hydrogens (tertiary/aromatic N) is 6. The highest BCUT2D eigenvalue weighted by molar-refractivity contribution is 6.30. The molecular weight excluding hydrogens is 419 g/mol. The summed E-state index contributed by atoms with van der Waals surface area (Å²) in [6.45, 7) is 5.86. The second-order valence-electron chi connectivity index (χ2n) is 7.76. The molecule has 1 aromatic carbocycles. The molecule has 31 heavy (non-hydrogen) atoms. The van der Waals surface area contributed by atoms with Crippen LogP contribution in [0.1, 0.15) is 17.3 Å². The molecule has 0 saturated heterocycles. The molecule has 0 amide bonds. The number of hydrogen-bond donors (Lipinski definition) is 0. The highest BCUT2D eigenvalue weighted by atomic mass is 35.5. The van der Waals surface area contributed by atoms with Crippen LogP contribution in [0.2, 0.25) is 5.02 Å². The third kappa shape index (κ3) is 3.18. The summed E-state index contributed by atoms with van der Waals surface area (Å²) in [6, 6.07) is 6.16. The Morgan fingerprint density at radius 2 is 1.94 bits per heavy atom. The molecule has 9 heteroatoms. The van der Waals surface area contributed by atoms with Gasteiger partial charge >= 0.3 is 0 Å². The lowest BCUT2D eigenvalue weighted by molar-refractivity contribution is 0.548. The van der Waals surface area contributed by atoms with Crippen molar-refractivity contribution in [3.8, 4) is 11.3 Å². The van der Waals surface area contributed by atoms with E-state index in [1.165, 1.54) is 10.6 Å². The molecular formula is C22H20ClFN6O. The molecule has 0 spiro atoms. The number of imidazole rings is 1. The van der Waals surface area contributed by atoms with Crippen LogP contribution in [0.15, 0.2) is 35.3 Å². The first-order chi connectivity index (χ1) is 14.8. The molecule has 0 unspecified atom stereocenters. The minimum Gasteiger partial charge on any atom is -0.347 e. The summed E-state index contributed by atoms with van der Waals surface area (Å²) in [5.41, 5.74) is 1.81. The van der Waals surface area contributed by atoms with Gasteiger partial charge in [0, 0.05) is 48.7 Å². The van der Waals surface area contributed by atoms with Gasteiger partial charge in [0.1, 0.15) is 23.3 Å². The zero-order chi connectivity index (χ0) is 21.9. The third-order valence-corrected chi connectivity index (χ3v) is 6.08. The van der Waals surface area contributed by atoms with Crippen molar-refractivity contribution in [2.45, 2.75) is 26.9 Å². The van der Waals surface area contributed by atoms with Crippen molar-refractivity contribution in [1.82, 2.24) is 24.1 Å². The van der Waals surface area contributed by atoms with E-state index in [-0.39, 0.29) is 27.2 Å². The standard InChI is InChI=1S/C22H20ClFN6O/c1-12-10-25-19-11-29(6-7-30(12)19)18-9-17-20(22(31)28(3)13(2)26-17)21(27-18)15-5-4-14(23)8-16(15)24/h4-5,8-10H,6-7,11H2,1-3H3. The lowest BCUT2D eigenvalue weighted by Gasteiger charge is -2.29. The summed E-state index contributed by atoms with van der Waals surface area (Å²) in [5, 5.41) is 0.564. The maximum atomic E-state index is 14.9. The molecule has 1 aliphatic rings. The van der Waals surface area contributed by atoms with Crippen LogP contribution in [0.4, 0.5) is 10.2 Å². The smallest absolute Gasteiger partial charge is 0.263 e.